The molecule has 0 fully saturated rings. The first kappa shape index (κ1) is 14.0. The maximum absolute atomic E-state index is 10.2. The molecule has 0 unspecified atom stereocenters. The van der Waals surface area contributed by atoms with Crippen molar-refractivity contribution in [1.82, 2.24) is 5.32 Å². The van der Waals surface area contributed by atoms with Crippen molar-refractivity contribution in [3.63, 3.8) is 0 Å². The molecular formula is C12H21NO2. The third-order valence-corrected chi connectivity index (χ3v) is 2.17. The van der Waals surface area contributed by atoms with Crippen LogP contribution in [0.1, 0.15) is 44.9 Å². The fourth-order valence-corrected chi connectivity index (χ4v) is 1.31. The van der Waals surface area contributed by atoms with E-state index in [2.05, 4.69) is 11.2 Å². The summed E-state index contributed by atoms with van der Waals surface area (Å²) in [6.45, 7) is 2.00. The van der Waals surface area contributed by atoms with Crippen LogP contribution in [0, 0.1) is 12.3 Å². The normalized spacial score (nSPS) is 9.80. The van der Waals surface area contributed by atoms with Crippen molar-refractivity contribution in [2.75, 3.05) is 13.1 Å². The summed E-state index contributed by atoms with van der Waals surface area (Å²) in [4.78, 5) is 10.2. The first-order chi connectivity index (χ1) is 7.27. The van der Waals surface area contributed by atoms with Crippen molar-refractivity contribution in [1.29, 1.82) is 0 Å². The molecule has 0 bridgehead atoms. The number of carboxylic acid groups (broad SMARTS) is 1. The van der Waals surface area contributed by atoms with Crippen molar-refractivity contribution < 1.29 is 9.90 Å². The van der Waals surface area contributed by atoms with Gasteiger partial charge in [-0.1, -0.05) is 6.42 Å². The Morgan fingerprint density at radius 1 is 1.13 bits per heavy atom. The molecule has 0 heterocycles. The van der Waals surface area contributed by atoms with E-state index in [0.29, 0.717) is 6.42 Å². The van der Waals surface area contributed by atoms with Crippen molar-refractivity contribution in [3.05, 3.63) is 0 Å². The van der Waals surface area contributed by atoms with Crippen LogP contribution in [-0.4, -0.2) is 24.2 Å². The van der Waals surface area contributed by atoms with Gasteiger partial charge in [-0.05, 0) is 38.8 Å². The second kappa shape index (κ2) is 11.1. The minimum absolute atomic E-state index is 0.294. The molecule has 3 nitrogen and oxygen atoms in total. The Kier molecular flexibility index (Phi) is 10.3. The van der Waals surface area contributed by atoms with Crippen molar-refractivity contribution in [3.8, 4) is 12.3 Å². The summed E-state index contributed by atoms with van der Waals surface area (Å²) in [7, 11) is 0. The van der Waals surface area contributed by atoms with Gasteiger partial charge in [0.1, 0.15) is 0 Å². The number of aliphatic carboxylic acids is 1. The van der Waals surface area contributed by atoms with E-state index in [1.54, 1.807) is 0 Å². The molecule has 0 aromatic heterocycles. The SMILES string of the molecule is C#CCCCCNCCCCCC(=O)O. The van der Waals surface area contributed by atoms with Gasteiger partial charge in [0.05, 0.1) is 0 Å². The van der Waals surface area contributed by atoms with E-state index in [9.17, 15) is 4.79 Å². The van der Waals surface area contributed by atoms with Crippen LogP contribution in [0.15, 0.2) is 0 Å². The van der Waals surface area contributed by atoms with Gasteiger partial charge < -0.3 is 10.4 Å². The molecule has 0 aromatic rings. The van der Waals surface area contributed by atoms with E-state index >= 15 is 0 Å². The molecule has 0 radical (unpaired) electrons. The predicted molar refractivity (Wildman–Crippen MR) is 61.7 cm³/mol. The van der Waals surface area contributed by atoms with Gasteiger partial charge in [-0.15, -0.1) is 12.3 Å². The maximum Gasteiger partial charge on any atom is 0.303 e. The highest BCUT2D eigenvalue weighted by atomic mass is 16.4. The van der Waals surface area contributed by atoms with Gasteiger partial charge in [0.25, 0.3) is 0 Å². The second-order valence-electron chi connectivity index (χ2n) is 3.62. The number of hydrogen-bond acceptors (Lipinski definition) is 2. The summed E-state index contributed by atoms with van der Waals surface area (Å²) in [5.74, 6) is 1.92. The van der Waals surface area contributed by atoms with E-state index in [0.717, 1.165) is 51.6 Å². The van der Waals surface area contributed by atoms with Crippen LogP contribution in [0.25, 0.3) is 0 Å². The molecule has 0 saturated carbocycles. The van der Waals surface area contributed by atoms with Crippen LogP contribution >= 0.6 is 0 Å². The summed E-state index contributed by atoms with van der Waals surface area (Å²) in [5, 5.41) is 11.7. The lowest BCUT2D eigenvalue weighted by Gasteiger charge is -2.03. The average Bonchev–Trinajstić information content (AvgIpc) is 2.20. The van der Waals surface area contributed by atoms with Crippen LogP contribution < -0.4 is 5.32 Å². The number of carbonyl (C=O) groups is 1. The zero-order chi connectivity index (χ0) is 11.4. The minimum Gasteiger partial charge on any atom is -0.481 e. The Hall–Kier alpha value is -1.01. The van der Waals surface area contributed by atoms with Gasteiger partial charge in [0, 0.05) is 12.8 Å². The summed E-state index contributed by atoms with van der Waals surface area (Å²) in [5.41, 5.74) is 0. The van der Waals surface area contributed by atoms with Gasteiger partial charge in [-0.2, -0.15) is 0 Å². The van der Waals surface area contributed by atoms with Gasteiger partial charge >= 0.3 is 5.97 Å². The minimum atomic E-state index is -0.697. The van der Waals surface area contributed by atoms with Gasteiger partial charge in [-0.25, -0.2) is 0 Å². The number of unbranched alkanes of at least 4 members (excludes halogenated alkanes) is 4. The smallest absolute Gasteiger partial charge is 0.303 e. The molecular weight excluding hydrogens is 190 g/mol. The third-order valence-electron chi connectivity index (χ3n) is 2.17. The second-order valence-corrected chi connectivity index (χ2v) is 3.62. The number of nitrogens with one attached hydrogen (secondary N) is 1. The largest absolute Gasteiger partial charge is 0.481 e. The number of rotatable bonds is 10. The van der Waals surface area contributed by atoms with E-state index in [1.807, 2.05) is 0 Å². The monoisotopic (exact) mass is 211 g/mol. The number of carboxylic acids is 1. The van der Waals surface area contributed by atoms with Gasteiger partial charge in [0.2, 0.25) is 0 Å². The summed E-state index contributed by atoms with van der Waals surface area (Å²) >= 11 is 0. The fourth-order valence-electron chi connectivity index (χ4n) is 1.31. The predicted octanol–water partition coefficient (Wildman–Crippen LogP) is 2.02. The molecule has 0 amide bonds. The van der Waals surface area contributed by atoms with E-state index in [1.165, 1.54) is 0 Å². The van der Waals surface area contributed by atoms with Gasteiger partial charge in [0.15, 0.2) is 0 Å². The summed E-state index contributed by atoms with van der Waals surface area (Å²) in [6.07, 6.45) is 11.3. The van der Waals surface area contributed by atoms with Crippen LogP contribution in [0.2, 0.25) is 0 Å². The van der Waals surface area contributed by atoms with Crippen LogP contribution in [0.5, 0.6) is 0 Å². The topological polar surface area (TPSA) is 49.3 Å². The Morgan fingerprint density at radius 2 is 1.80 bits per heavy atom. The van der Waals surface area contributed by atoms with Crippen molar-refractivity contribution in [2.45, 2.75) is 44.9 Å². The maximum atomic E-state index is 10.2. The molecule has 0 aliphatic carbocycles. The molecule has 0 atom stereocenters. The van der Waals surface area contributed by atoms with Crippen molar-refractivity contribution in [2.24, 2.45) is 0 Å². The molecule has 2 N–H and O–H groups in total. The Morgan fingerprint density at radius 3 is 2.40 bits per heavy atom. The zero-order valence-corrected chi connectivity index (χ0v) is 9.30. The average molecular weight is 211 g/mol. The molecule has 0 aliphatic heterocycles. The van der Waals surface area contributed by atoms with Crippen LogP contribution in [0.3, 0.4) is 0 Å². The standard InChI is InChI=1S/C12H21NO2/c1-2-3-4-7-10-13-11-8-5-6-9-12(14)15/h1,13H,3-11H2,(H,14,15). The number of terminal acetylenes is 1. The molecule has 0 aromatic carbocycles. The Labute approximate surface area is 92.3 Å². The first-order valence-corrected chi connectivity index (χ1v) is 5.63. The molecule has 0 aliphatic rings. The third kappa shape index (κ3) is 13.0. The molecule has 15 heavy (non-hydrogen) atoms. The first-order valence-electron chi connectivity index (χ1n) is 5.63. The van der Waals surface area contributed by atoms with E-state index < -0.39 is 5.97 Å². The van der Waals surface area contributed by atoms with Crippen molar-refractivity contribution >= 4 is 5.97 Å². The fraction of sp³-hybridized carbons (Fsp3) is 0.750. The highest BCUT2D eigenvalue weighted by Crippen LogP contribution is 1.98. The molecule has 0 saturated heterocycles. The lowest BCUT2D eigenvalue weighted by atomic mass is 10.2. The molecule has 86 valence electrons. The lowest BCUT2D eigenvalue weighted by Crippen LogP contribution is -2.16. The summed E-state index contributed by atoms with van der Waals surface area (Å²) in [6, 6.07) is 0. The quantitative estimate of drug-likeness (QED) is 0.429. The Bertz CT molecular complexity index is 196. The van der Waals surface area contributed by atoms with Crippen LogP contribution in [-0.2, 0) is 4.79 Å². The molecule has 3 heteroatoms. The number of hydrogen-bond donors (Lipinski definition) is 2. The molecule has 0 rings (SSSR count). The van der Waals surface area contributed by atoms with E-state index in [4.69, 9.17) is 11.5 Å². The van der Waals surface area contributed by atoms with Gasteiger partial charge in [-0.3, -0.25) is 4.79 Å². The summed E-state index contributed by atoms with van der Waals surface area (Å²) < 4.78 is 0. The van der Waals surface area contributed by atoms with E-state index in [-0.39, 0.29) is 0 Å². The zero-order valence-electron chi connectivity index (χ0n) is 9.30. The molecule has 0 spiro atoms. The Balaban J connectivity index is 2.93. The van der Waals surface area contributed by atoms with Crippen LogP contribution in [0.4, 0.5) is 0 Å². The lowest BCUT2D eigenvalue weighted by molar-refractivity contribution is -0.137. The highest BCUT2D eigenvalue weighted by Gasteiger charge is 1.95. The highest BCUT2D eigenvalue weighted by molar-refractivity contribution is 5.66.